The van der Waals surface area contributed by atoms with E-state index in [1.807, 2.05) is 36.4 Å². The van der Waals surface area contributed by atoms with Crippen molar-refractivity contribution < 1.29 is 23.1 Å². The van der Waals surface area contributed by atoms with Crippen LogP contribution in [-0.2, 0) is 10.0 Å². The predicted octanol–water partition coefficient (Wildman–Crippen LogP) is 5.42. The van der Waals surface area contributed by atoms with E-state index < -0.39 is 28.1 Å². The highest BCUT2D eigenvalue weighted by Crippen LogP contribution is 2.37. The zero-order chi connectivity index (χ0) is 25.3. The van der Waals surface area contributed by atoms with Crippen LogP contribution in [0.3, 0.4) is 0 Å². The van der Waals surface area contributed by atoms with Crippen LogP contribution in [0.1, 0.15) is 22.0 Å². The van der Waals surface area contributed by atoms with Crippen LogP contribution in [0.2, 0.25) is 0 Å². The summed E-state index contributed by atoms with van der Waals surface area (Å²) < 4.78 is 27.6. The summed E-state index contributed by atoms with van der Waals surface area (Å²) in [5.41, 5.74) is 3.10. The maximum Gasteiger partial charge on any atom is 0.339 e. The number of benzene rings is 4. The molecule has 4 aromatic carbocycles. The Morgan fingerprint density at radius 2 is 1.42 bits per heavy atom. The zero-order valence-electron chi connectivity index (χ0n) is 19.1. The lowest BCUT2D eigenvalue weighted by Crippen LogP contribution is -2.36. The van der Waals surface area contributed by atoms with Crippen LogP contribution in [0.4, 0.5) is 10.5 Å². The van der Waals surface area contributed by atoms with Crippen molar-refractivity contribution >= 4 is 27.7 Å². The first-order valence-corrected chi connectivity index (χ1v) is 12.7. The summed E-state index contributed by atoms with van der Waals surface area (Å²) in [5, 5.41) is 9.29. The van der Waals surface area contributed by atoms with E-state index in [-0.39, 0.29) is 17.0 Å². The summed E-state index contributed by atoms with van der Waals surface area (Å²) in [4.78, 5) is 26.4. The summed E-state index contributed by atoms with van der Waals surface area (Å²) in [7, 11) is -4.05. The Balaban J connectivity index is 1.52. The quantitative estimate of drug-likeness (QED) is 0.383. The standard InChI is InChI=1S/C28H22N2O5S/c31-27(32)23-9-7-8-22(18-23)20-14-16-21(17-15-20)26-19-29(36(34,35)25-12-5-2-6-13-25)28(33)30(26)24-10-3-1-4-11-24/h1-18,26H,19H2,(H,31,32). The van der Waals surface area contributed by atoms with E-state index in [1.165, 1.54) is 23.1 Å². The molecule has 1 aliphatic heterocycles. The average molecular weight is 499 g/mol. The molecule has 1 N–H and O–H groups in total. The molecule has 1 atom stereocenters. The molecule has 0 bridgehead atoms. The van der Waals surface area contributed by atoms with E-state index in [0.717, 1.165) is 21.0 Å². The van der Waals surface area contributed by atoms with E-state index in [4.69, 9.17) is 0 Å². The molecule has 1 heterocycles. The molecule has 0 aliphatic carbocycles. The number of para-hydroxylation sites is 1. The highest BCUT2D eigenvalue weighted by Gasteiger charge is 2.45. The third-order valence-corrected chi connectivity index (χ3v) is 7.93. The van der Waals surface area contributed by atoms with Gasteiger partial charge in [-0.25, -0.2) is 22.3 Å². The monoisotopic (exact) mass is 498 g/mol. The Labute approximate surface area is 208 Å². The maximum atomic E-state index is 13.5. The van der Waals surface area contributed by atoms with Crippen LogP contribution in [0.15, 0.2) is 114 Å². The number of carboxylic acid groups (broad SMARTS) is 1. The largest absolute Gasteiger partial charge is 0.478 e. The molecule has 1 unspecified atom stereocenters. The van der Waals surface area contributed by atoms with E-state index in [1.54, 1.807) is 54.6 Å². The second kappa shape index (κ2) is 9.31. The second-order valence-electron chi connectivity index (χ2n) is 8.36. The number of carbonyl (C=O) groups excluding carboxylic acids is 1. The SMILES string of the molecule is O=C(O)c1cccc(-c2ccc(C3CN(S(=O)(=O)c4ccccc4)C(=O)N3c3ccccc3)cc2)c1. The summed E-state index contributed by atoms with van der Waals surface area (Å²) in [6.45, 7) is -0.0429. The summed E-state index contributed by atoms with van der Waals surface area (Å²) in [6, 6.07) is 29.7. The normalized spacial score (nSPS) is 15.8. The molecule has 0 saturated carbocycles. The van der Waals surface area contributed by atoms with E-state index in [2.05, 4.69) is 0 Å². The smallest absolute Gasteiger partial charge is 0.339 e. The van der Waals surface area contributed by atoms with Crippen LogP contribution >= 0.6 is 0 Å². The van der Waals surface area contributed by atoms with Crippen molar-refractivity contribution in [2.45, 2.75) is 10.9 Å². The van der Waals surface area contributed by atoms with Gasteiger partial charge in [0, 0.05) is 5.69 Å². The van der Waals surface area contributed by atoms with Crippen molar-refractivity contribution in [1.82, 2.24) is 4.31 Å². The third-order valence-electron chi connectivity index (χ3n) is 6.17. The number of carbonyl (C=O) groups is 2. The van der Waals surface area contributed by atoms with Gasteiger partial charge in [0.1, 0.15) is 0 Å². The molecule has 1 fully saturated rings. The van der Waals surface area contributed by atoms with Crippen molar-refractivity contribution in [3.8, 4) is 11.1 Å². The second-order valence-corrected chi connectivity index (χ2v) is 10.2. The average Bonchev–Trinajstić information content (AvgIpc) is 3.27. The topological polar surface area (TPSA) is 95.0 Å². The highest BCUT2D eigenvalue weighted by molar-refractivity contribution is 7.89. The lowest BCUT2D eigenvalue weighted by Gasteiger charge is -2.23. The lowest BCUT2D eigenvalue weighted by atomic mass is 9.99. The molecule has 5 rings (SSSR count). The summed E-state index contributed by atoms with van der Waals surface area (Å²) >= 11 is 0. The fourth-order valence-corrected chi connectivity index (χ4v) is 5.74. The molecule has 8 heteroatoms. The van der Waals surface area contributed by atoms with Crippen molar-refractivity contribution in [3.63, 3.8) is 0 Å². The number of nitrogens with zero attached hydrogens (tertiary/aromatic N) is 2. The van der Waals surface area contributed by atoms with Gasteiger partial charge in [-0.3, -0.25) is 4.90 Å². The van der Waals surface area contributed by atoms with Crippen molar-refractivity contribution in [1.29, 1.82) is 0 Å². The van der Waals surface area contributed by atoms with Gasteiger partial charge in [0.15, 0.2) is 0 Å². The van der Waals surface area contributed by atoms with Gasteiger partial charge in [0.25, 0.3) is 10.0 Å². The minimum atomic E-state index is -4.05. The van der Waals surface area contributed by atoms with Crippen LogP contribution in [-0.4, -0.2) is 36.4 Å². The minimum Gasteiger partial charge on any atom is -0.478 e. The van der Waals surface area contributed by atoms with Gasteiger partial charge in [0.05, 0.1) is 23.0 Å². The van der Waals surface area contributed by atoms with Crippen molar-refractivity contribution in [3.05, 3.63) is 120 Å². The zero-order valence-corrected chi connectivity index (χ0v) is 19.9. The molecule has 4 aromatic rings. The maximum absolute atomic E-state index is 13.5. The molecule has 180 valence electrons. The molecule has 36 heavy (non-hydrogen) atoms. The van der Waals surface area contributed by atoms with Crippen LogP contribution in [0.25, 0.3) is 11.1 Å². The number of urea groups is 1. The predicted molar refractivity (Wildman–Crippen MR) is 136 cm³/mol. The Morgan fingerprint density at radius 1 is 0.778 bits per heavy atom. The molecule has 0 spiro atoms. The van der Waals surface area contributed by atoms with Crippen LogP contribution in [0, 0.1) is 0 Å². The fourth-order valence-electron chi connectivity index (χ4n) is 4.35. The Bertz CT molecular complexity index is 1520. The van der Waals surface area contributed by atoms with Gasteiger partial charge >= 0.3 is 12.0 Å². The Hall–Kier alpha value is -4.43. The number of rotatable bonds is 6. The molecule has 0 aromatic heterocycles. The minimum absolute atomic E-state index is 0.0429. The first kappa shape index (κ1) is 23.3. The van der Waals surface area contributed by atoms with Crippen LogP contribution < -0.4 is 4.90 Å². The first-order valence-electron chi connectivity index (χ1n) is 11.3. The van der Waals surface area contributed by atoms with Gasteiger partial charge in [0.2, 0.25) is 0 Å². The highest BCUT2D eigenvalue weighted by atomic mass is 32.2. The number of anilines is 1. The number of aromatic carboxylic acids is 1. The van der Waals surface area contributed by atoms with E-state index >= 15 is 0 Å². The molecular formula is C28H22N2O5S. The summed E-state index contributed by atoms with van der Waals surface area (Å²) in [6.07, 6.45) is 0. The number of carboxylic acids is 1. The Morgan fingerprint density at radius 3 is 2.06 bits per heavy atom. The van der Waals surface area contributed by atoms with E-state index in [0.29, 0.717) is 5.69 Å². The fraction of sp³-hybridized carbons (Fsp3) is 0.0714. The van der Waals surface area contributed by atoms with Gasteiger partial charge in [-0.1, -0.05) is 72.8 Å². The summed E-state index contributed by atoms with van der Waals surface area (Å²) in [5.74, 6) is -1.00. The molecule has 7 nitrogen and oxygen atoms in total. The number of amides is 2. The van der Waals surface area contributed by atoms with Crippen molar-refractivity contribution in [2.24, 2.45) is 0 Å². The lowest BCUT2D eigenvalue weighted by molar-refractivity contribution is 0.0697. The van der Waals surface area contributed by atoms with Crippen molar-refractivity contribution in [2.75, 3.05) is 11.4 Å². The third kappa shape index (κ3) is 4.23. The van der Waals surface area contributed by atoms with Gasteiger partial charge in [-0.2, -0.15) is 0 Å². The molecule has 1 saturated heterocycles. The van der Waals surface area contributed by atoms with E-state index in [9.17, 15) is 23.1 Å². The van der Waals surface area contributed by atoms with Gasteiger partial charge in [-0.15, -0.1) is 0 Å². The molecule has 0 radical (unpaired) electrons. The van der Waals surface area contributed by atoms with Gasteiger partial charge < -0.3 is 5.11 Å². The molecular weight excluding hydrogens is 476 g/mol. The number of hydrogen-bond acceptors (Lipinski definition) is 4. The van der Waals surface area contributed by atoms with Crippen LogP contribution in [0.5, 0.6) is 0 Å². The van der Waals surface area contributed by atoms with Gasteiger partial charge in [-0.05, 0) is 53.1 Å². The molecule has 2 amide bonds. The number of sulfonamides is 1. The first-order chi connectivity index (χ1) is 17.4. The molecule has 1 aliphatic rings. The number of hydrogen-bond donors (Lipinski definition) is 1. The Kier molecular flexibility index (Phi) is 6.03.